The number of halogens is 1. The molecule has 0 spiro atoms. The molecular weight excluding hydrogens is 405 g/mol. The predicted molar refractivity (Wildman–Crippen MR) is 101 cm³/mol. The van der Waals surface area contributed by atoms with Crippen LogP contribution in [0.3, 0.4) is 0 Å². The van der Waals surface area contributed by atoms with Crippen LogP contribution < -0.4 is 5.32 Å². The lowest BCUT2D eigenvalue weighted by Crippen LogP contribution is -2.18. The molecule has 3 unspecified atom stereocenters. The van der Waals surface area contributed by atoms with Crippen molar-refractivity contribution < 1.29 is 5.11 Å². The molecule has 4 rings (SSSR count). The van der Waals surface area contributed by atoms with Gasteiger partial charge in [0.1, 0.15) is 0 Å². The smallest absolute Gasteiger partial charge is 0.0649 e. The summed E-state index contributed by atoms with van der Waals surface area (Å²) < 4.78 is 1.45. The summed E-state index contributed by atoms with van der Waals surface area (Å²) in [6.07, 6.45) is 1.84. The van der Waals surface area contributed by atoms with E-state index in [1.54, 1.807) is 11.3 Å². The molecule has 2 heterocycles. The first-order valence-electron chi connectivity index (χ1n) is 7.68. The number of rotatable bonds is 4. The summed E-state index contributed by atoms with van der Waals surface area (Å²) in [7, 11) is 0. The first kappa shape index (κ1) is 14.7. The molecule has 3 atom stereocenters. The van der Waals surface area contributed by atoms with Gasteiger partial charge in [-0.3, -0.25) is 0 Å². The maximum atomic E-state index is 9.25. The fraction of sp³-hybridized carbons (Fsp3) is 0.333. The number of hydrogen-bond acceptors (Lipinski definition) is 3. The van der Waals surface area contributed by atoms with Crippen LogP contribution in [0.4, 0.5) is 5.69 Å². The van der Waals surface area contributed by atoms with Crippen LogP contribution in [0.5, 0.6) is 0 Å². The lowest BCUT2D eigenvalue weighted by atomic mass is 9.80. The Balaban J connectivity index is 1.80. The summed E-state index contributed by atoms with van der Waals surface area (Å²) in [5, 5.41) is 17.4. The summed E-state index contributed by atoms with van der Waals surface area (Å²) >= 11 is 4.30. The highest BCUT2D eigenvalue weighted by molar-refractivity contribution is 14.1. The molecule has 0 bridgehead atoms. The largest absolute Gasteiger partial charge is 0.396 e. The monoisotopic (exact) mass is 423 g/mol. The lowest BCUT2D eigenvalue weighted by Gasteiger charge is -2.22. The first-order chi connectivity index (χ1) is 10.8. The first-order valence-corrected chi connectivity index (χ1v) is 9.70. The SMILES string of the molecule is OCCCC1=C(I)C2Nc3ccccc3C2C1c1ccsc1. The molecule has 4 heteroatoms. The highest BCUT2D eigenvalue weighted by Crippen LogP contribution is 2.58. The molecule has 0 radical (unpaired) electrons. The number of nitrogens with one attached hydrogen (secondary N) is 1. The van der Waals surface area contributed by atoms with Crippen LogP contribution in [0, 0.1) is 0 Å². The van der Waals surface area contributed by atoms with Crippen LogP contribution in [0.2, 0.25) is 0 Å². The highest BCUT2D eigenvalue weighted by Gasteiger charge is 2.47. The van der Waals surface area contributed by atoms with Crippen LogP contribution >= 0.6 is 33.9 Å². The van der Waals surface area contributed by atoms with Gasteiger partial charge in [0.15, 0.2) is 0 Å². The number of allylic oxidation sites excluding steroid dienone is 1. The Morgan fingerprint density at radius 2 is 2.09 bits per heavy atom. The van der Waals surface area contributed by atoms with Gasteiger partial charge in [0.2, 0.25) is 0 Å². The Morgan fingerprint density at radius 1 is 1.23 bits per heavy atom. The maximum Gasteiger partial charge on any atom is 0.0649 e. The zero-order chi connectivity index (χ0) is 15.1. The number of aliphatic hydroxyl groups is 1. The van der Waals surface area contributed by atoms with Gasteiger partial charge in [-0.1, -0.05) is 23.8 Å². The zero-order valence-electron chi connectivity index (χ0n) is 12.1. The number of hydrogen-bond donors (Lipinski definition) is 2. The van der Waals surface area contributed by atoms with E-state index in [9.17, 15) is 5.11 Å². The summed E-state index contributed by atoms with van der Waals surface area (Å²) in [5.74, 6) is 0.942. The summed E-state index contributed by atoms with van der Waals surface area (Å²) in [4.78, 5) is 0. The normalized spacial score (nSPS) is 26.0. The van der Waals surface area contributed by atoms with E-state index < -0.39 is 0 Å². The van der Waals surface area contributed by atoms with Gasteiger partial charge in [0, 0.05) is 27.7 Å². The van der Waals surface area contributed by atoms with Crippen molar-refractivity contribution in [1.29, 1.82) is 0 Å². The van der Waals surface area contributed by atoms with Gasteiger partial charge < -0.3 is 10.4 Å². The Kier molecular flexibility index (Phi) is 4.00. The van der Waals surface area contributed by atoms with E-state index in [2.05, 4.69) is 69.0 Å². The second-order valence-electron chi connectivity index (χ2n) is 5.97. The van der Waals surface area contributed by atoms with Crippen molar-refractivity contribution in [3.63, 3.8) is 0 Å². The van der Waals surface area contributed by atoms with Crippen molar-refractivity contribution in [2.45, 2.75) is 30.7 Å². The molecule has 0 amide bonds. The molecule has 1 aliphatic carbocycles. The van der Waals surface area contributed by atoms with E-state index in [-0.39, 0.29) is 6.61 Å². The number of fused-ring (bicyclic) bond motifs is 3. The van der Waals surface area contributed by atoms with Crippen LogP contribution in [-0.2, 0) is 0 Å². The van der Waals surface area contributed by atoms with Gasteiger partial charge in [0.05, 0.1) is 6.04 Å². The summed E-state index contributed by atoms with van der Waals surface area (Å²) in [5.41, 5.74) is 5.67. The van der Waals surface area contributed by atoms with E-state index in [0.717, 1.165) is 12.8 Å². The van der Waals surface area contributed by atoms with Crippen molar-refractivity contribution in [3.05, 3.63) is 61.4 Å². The van der Waals surface area contributed by atoms with Crippen molar-refractivity contribution >= 4 is 39.6 Å². The Morgan fingerprint density at radius 3 is 2.86 bits per heavy atom. The van der Waals surface area contributed by atoms with Gasteiger partial charge in [-0.2, -0.15) is 11.3 Å². The number of anilines is 1. The van der Waals surface area contributed by atoms with Crippen molar-refractivity contribution in [2.75, 3.05) is 11.9 Å². The van der Waals surface area contributed by atoms with Gasteiger partial charge in [-0.25, -0.2) is 0 Å². The zero-order valence-corrected chi connectivity index (χ0v) is 15.1. The third kappa shape index (κ3) is 2.23. The van der Waals surface area contributed by atoms with Gasteiger partial charge in [-0.05, 0) is 69.5 Å². The molecule has 0 fully saturated rings. The molecule has 22 heavy (non-hydrogen) atoms. The standard InChI is InChI=1S/C18H18INOS/c19-17-13(5-3-8-21)15(11-7-9-22-10-11)16-12-4-1-2-6-14(12)20-18(16)17/h1-2,4,6-7,9-10,15-16,18,20-21H,3,5,8H2. The maximum absolute atomic E-state index is 9.25. The minimum absolute atomic E-state index is 0.267. The number of benzene rings is 1. The third-order valence-corrected chi connectivity index (χ3v) is 6.88. The highest BCUT2D eigenvalue weighted by atomic mass is 127. The average molecular weight is 423 g/mol. The molecular formula is C18H18INOS. The molecule has 0 saturated carbocycles. The fourth-order valence-electron chi connectivity index (χ4n) is 3.92. The van der Waals surface area contributed by atoms with Crippen molar-refractivity contribution in [2.24, 2.45) is 0 Å². The summed E-state index contributed by atoms with van der Waals surface area (Å²) in [6.45, 7) is 0.267. The third-order valence-electron chi connectivity index (χ3n) is 4.81. The minimum Gasteiger partial charge on any atom is -0.396 e. The van der Waals surface area contributed by atoms with Crippen LogP contribution in [0.15, 0.2) is 50.2 Å². The van der Waals surface area contributed by atoms with E-state index in [0.29, 0.717) is 17.9 Å². The number of thiophene rings is 1. The van der Waals surface area contributed by atoms with Gasteiger partial charge >= 0.3 is 0 Å². The molecule has 2 N–H and O–H groups in total. The Labute approximate surface area is 148 Å². The second-order valence-corrected chi connectivity index (χ2v) is 7.91. The van der Waals surface area contributed by atoms with Crippen LogP contribution in [-0.4, -0.2) is 17.8 Å². The molecule has 114 valence electrons. The predicted octanol–water partition coefficient (Wildman–Crippen LogP) is 4.88. The molecule has 0 saturated heterocycles. The summed E-state index contributed by atoms with van der Waals surface area (Å²) in [6, 6.07) is 11.4. The fourth-order valence-corrected chi connectivity index (χ4v) is 5.76. The van der Waals surface area contributed by atoms with Crippen molar-refractivity contribution in [3.8, 4) is 0 Å². The topological polar surface area (TPSA) is 32.3 Å². The average Bonchev–Trinajstić information content (AvgIpc) is 3.23. The van der Waals surface area contributed by atoms with Gasteiger partial charge in [-0.15, -0.1) is 0 Å². The van der Waals surface area contributed by atoms with E-state index >= 15 is 0 Å². The Hall–Kier alpha value is -0.850. The lowest BCUT2D eigenvalue weighted by molar-refractivity contribution is 0.287. The van der Waals surface area contributed by atoms with Crippen LogP contribution in [0.25, 0.3) is 0 Å². The molecule has 1 aromatic heterocycles. The van der Waals surface area contributed by atoms with E-state index in [1.165, 1.54) is 26.0 Å². The number of para-hydroxylation sites is 1. The molecule has 1 aromatic carbocycles. The van der Waals surface area contributed by atoms with Gasteiger partial charge in [0.25, 0.3) is 0 Å². The number of aliphatic hydroxyl groups excluding tert-OH is 1. The molecule has 2 aromatic rings. The van der Waals surface area contributed by atoms with Crippen molar-refractivity contribution in [1.82, 2.24) is 0 Å². The van der Waals surface area contributed by atoms with Crippen LogP contribution in [0.1, 0.15) is 35.8 Å². The van der Waals surface area contributed by atoms with E-state index in [1.807, 2.05) is 0 Å². The molecule has 2 nitrogen and oxygen atoms in total. The molecule has 2 aliphatic rings. The second kappa shape index (κ2) is 5.98. The van der Waals surface area contributed by atoms with E-state index in [4.69, 9.17) is 0 Å². The molecule has 1 aliphatic heterocycles. The quantitative estimate of drug-likeness (QED) is 0.687. The minimum atomic E-state index is 0.267. The Bertz CT molecular complexity index is 710.